The molecule has 2 N–H and O–H groups in total. The second-order valence-corrected chi connectivity index (χ2v) is 4.10. The highest BCUT2D eigenvalue weighted by Gasteiger charge is 2.09. The molecule has 1 heterocycles. The molecule has 2 rings (SSSR count). The van der Waals surface area contributed by atoms with Gasteiger partial charge in [0.15, 0.2) is 0 Å². The van der Waals surface area contributed by atoms with Gasteiger partial charge in [0.25, 0.3) is 0 Å². The standard InChI is InChI=1S/C13H15N3O2/c1-9(13(17)18)15-11-3-5-12(6-4-11)16-8-7-14-10(16)2/h3-9,15H,1-2H3,(H,17,18). The summed E-state index contributed by atoms with van der Waals surface area (Å²) in [7, 11) is 0. The summed E-state index contributed by atoms with van der Waals surface area (Å²) < 4.78 is 1.96. The second kappa shape index (κ2) is 4.91. The lowest BCUT2D eigenvalue weighted by Crippen LogP contribution is -2.25. The van der Waals surface area contributed by atoms with E-state index in [1.807, 2.05) is 42.0 Å². The zero-order chi connectivity index (χ0) is 13.1. The minimum absolute atomic E-state index is 0.606. The van der Waals surface area contributed by atoms with Crippen LogP contribution in [0.3, 0.4) is 0 Å². The molecule has 1 atom stereocenters. The fraction of sp³-hybridized carbons (Fsp3) is 0.231. The summed E-state index contributed by atoms with van der Waals surface area (Å²) in [5.41, 5.74) is 1.78. The second-order valence-electron chi connectivity index (χ2n) is 4.10. The van der Waals surface area contributed by atoms with Crippen LogP contribution in [0.4, 0.5) is 5.69 Å². The number of nitrogens with one attached hydrogen (secondary N) is 1. The third-order valence-electron chi connectivity index (χ3n) is 2.72. The minimum atomic E-state index is -0.871. The van der Waals surface area contributed by atoms with Crippen molar-refractivity contribution in [1.82, 2.24) is 9.55 Å². The summed E-state index contributed by atoms with van der Waals surface area (Å²) in [5, 5.41) is 11.7. The first-order chi connectivity index (χ1) is 8.58. The molecule has 1 aromatic carbocycles. The molecule has 2 aromatic rings. The molecule has 5 nitrogen and oxygen atoms in total. The van der Waals surface area contributed by atoms with E-state index in [0.29, 0.717) is 0 Å². The van der Waals surface area contributed by atoms with Crippen molar-refractivity contribution in [2.24, 2.45) is 0 Å². The Kier molecular flexibility index (Phi) is 3.32. The van der Waals surface area contributed by atoms with E-state index in [1.165, 1.54) is 0 Å². The molecule has 0 saturated carbocycles. The van der Waals surface area contributed by atoms with Crippen LogP contribution in [0.15, 0.2) is 36.7 Å². The van der Waals surface area contributed by atoms with Gasteiger partial charge in [-0.25, -0.2) is 4.98 Å². The van der Waals surface area contributed by atoms with Crippen LogP contribution in [-0.4, -0.2) is 26.7 Å². The average Bonchev–Trinajstić information content (AvgIpc) is 2.76. The molecular formula is C13H15N3O2. The van der Waals surface area contributed by atoms with Gasteiger partial charge in [-0.3, -0.25) is 4.79 Å². The maximum Gasteiger partial charge on any atom is 0.325 e. The molecule has 5 heteroatoms. The minimum Gasteiger partial charge on any atom is -0.480 e. The molecule has 0 radical (unpaired) electrons. The first-order valence-electron chi connectivity index (χ1n) is 5.67. The van der Waals surface area contributed by atoms with Gasteiger partial charge in [-0.1, -0.05) is 0 Å². The predicted octanol–water partition coefficient (Wildman–Crippen LogP) is 2.07. The number of aromatic nitrogens is 2. The number of anilines is 1. The van der Waals surface area contributed by atoms with Crippen molar-refractivity contribution in [1.29, 1.82) is 0 Å². The van der Waals surface area contributed by atoms with E-state index < -0.39 is 12.0 Å². The first kappa shape index (κ1) is 12.2. The number of hydrogen-bond acceptors (Lipinski definition) is 3. The van der Waals surface area contributed by atoms with Crippen LogP contribution >= 0.6 is 0 Å². The van der Waals surface area contributed by atoms with E-state index in [4.69, 9.17) is 5.11 Å². The van der Waals surface area contributed by atoms with Crippen LogP contribution in [-0.2, 0) is 4.79 Å². The van der Waals surface area contributed by atoms with Crippen molar-refractivity contribution in [2.45, 2.75) is 19.9 Å². The molecule has 0 fully saturated rings. The van der Waals surface area contributed by atoms with Gasteiger partial charge in [0.1, 0.15) is 11.9 Å². The van der Waals surface area contributed by atoms with E-state index in [-0.39, 0.29) is 0 Å². The molecule has 0 saturated heterocycles. The molecule has 0 spiro atoms. The van der Waals surface area contributed by atoms with E-state index in [1.54, 1.807) is 13.1 Å². The fourth-order valence-corrected chi connectivity index (χ4v) is 1.68. The third-order valence-corrected chi connectivity index (χ3v) is 2.72. The third kappa shape index (κ3) is 2.51. The van der Waals surface area contributed by atoms with E-state index >= 15 is 0 Å². The number of nitrogens with zero attached hydrogens (tertiary/aromatic N) is 2. The molecule has 1 unspecified atom stereocenters. The molecule has 0 amide bonds. The molecule has 18 heavy (non-hydrogen) atoms. The van der Waals surface area contributed by atoms with E-state index in [2.05, 4.69) is 10.3 Å². The maximum atomic E-state index is 10.7. The summed E-state index contributed by atoms with van der Waals surface area (Å²) in [6.07, 6.45) is 3.63. The molecule has 1 aromatic heterocycles. The highest BCUT2D eigenvalue weighted by molar-refractivity contribution is 5.76. The molecular weight excluding hydrogens is 230 g/mol. The van der Waals surface area contributed by atoms with Crippen LogP contribution in [0, 0.1) is 6.92 Å². The van der Waals surface area contributed by atoms with Gasteiger partial charge in [-0.2, -0.15) is 0 Å². The molecule has 0 bridgehead atoms. The molecule has 94 valence electrons. The van der Waals surface area contributed by atoms with Crippen LogP contribution in [0.1, 0.15) is 12.7 Å². The molecule has 0 aliphatic carbocycles. The van der Waals surface area contributed by atoms with Crippen LogP contribution in [0.25, 0.3) is 5.69 Å². The summed E-state index contributed by atoms with van der Waals surface area (Å²) in [4.78, 5) is 14.9. The van der Waals surface area contributed by atoms with Crippen molar-refractivity contribution < 1.29 is 9.90 Å². The summed E-state index contributed by atoms with van der Waals surface area (Å²) >= 11 is 0. The maximum absolute atomic E-state index is 10.7. The van der Waals surface area contributed by atoms with Crippen molar-refractivity contribution in [3.63, 3.8) is 0 Å². The Labute approximate surface area is 105 Å². The monoisotopic (exact) mass is 245 g/mol. The topological polar surface area (TPSA) is 67.2 Å². The summed E-state index contributed by atoms with van der Waals surface area (Å²) in [6.45, 7) is 3.54. The van der Waals surface area contributed by atoms with E-state index in [9.17, 15) is 4.79 Å². The number of benzene rings is 1. The Morgan fingerprint density at radius 3 is 2.56 bits per heavy atom. The summed E-state index contributed by atoms with van der Waals surface area (Å²) in [5.74, 6) is 0.0409. The van der Waals surface area contributed by atoms with Gasteiger partial charge in [0.05, 0.1) is 0 Å². The Hall–Kier alpha value is -2.30. The lowest BCUT2D eigenvalue weighted by molar-refractivity contribution is -0.137. The summed E-state index contributed by atoms with van der Waals surface area (Å²) in [6, 6.07) is 6.95. The number of carboxylic acids is 1. The van der Waals surface area contributed by atoms with Gasteiger partial charge in [0.2, 0.25) is 0 Å². The quantitative estimate of drug-likeness (QED) is 0.865. The lowest BCUT2D eigenvalue weighted by atomic mass is 10.2. The van der Waals surface area contributed by atoms with Gasteiger partial charge in [-0.05, 0) is 38.1 Å². The first-order valence-corrected chi connectivity index (χ1v) is 5.67. The smallest absolute Gasteiger partial charge is 0.325 e. The number of hydrogen-bond donors (Lipinski definition) is 2. The fourth-order valence-electron chi connectivity index (χ4n) is 1.68. The normalized spacial score (nSPS) is 12.1. The highest BCUT2D eigenvalue weighted by atomic mass is 16.4. The Morgan fingerprint density at radius 1 is 1.39 bits per heavy atom. The van der Waals surface area contributed by atoms with Crippen LogP contribution < -0.4 is 5.32 Å². The SMILES string of the molecule is Cc1nccn1-c1ccc(NC(C)C(=O)O)cc1. The predicted molar refractivity (Wildman–Crippen MR) is 69.0 cm³/mol. The van der Waals surface area contributed by atoms with Gasteiger partial charge >= 0.3 is 5.97 Å². The zero-order valence-electron chi connectivity index (χ0n) is 10.3. The number of aliphatic carboxylic acids is 1. The number of carboxylic acid groups (broad SMARTS) is 1. The zero-order valence-corrected chi connectivity index (χ0v) is 10.3. The number of aryl methyl sites for hydroxylation is 1. The van der Waals surface area contributed by atoms with Crippen molar-refractivity contribution in [2.75, 3.05) is 5.32 Å². The molecule has 0 aliphatic heterocycles. The average molecular weight is 245 g/mol. The Bertz CT molecular complexity index is 546. The highest BCUT2D eigenvalue weighted by Crippen LogP contribution is 2.15. The number of imidazole rings is 1. The van der Waals surface area contributed by atoms with Gasteiger partial charge in [0, 0.05) is 23.8 Å². The number of rotatable bonds is 4. The Balaban J connectivity index is 2.16. The van der Waals surface area contributed by atoms with Crippen molar-refractivity contribution >= 4 is 11.7 Å². The van der Waals surface area contributed by atoms with Crippen LogP contribution in [0.5, 0.6) is 0 Å². The number of carbonyl (C=O) groups is 1. The lowest BCUT2D eigenvalue weighted by Gasteiger charge is -2.11. The van der Waals surface area contributed by atoms with Crippen molar-refractivity contribution in [3.05, 3.63) is 42.5 Å². The van der Waals surface area contributed by atoms with Crippen LogP contribution in [0.2, 0.25) is 0 Å². The van der Waals surface area contributed by atoms with Gasteiger partial charge in [-0.15, -0.1) is 0 Å². The van der Waals surface area contributed by atoms with E-state index in [0.717, 1.165) is 17.2 Å². The largest absolute Gasteiger partial charge is 0.480 e. The molecule has 0 aliphatic rings. The Morgan fingerprint density at radius 2 is 2.06 bits per heavy atom. The van der Waals surface area contributed by atoms with Gasteiger partial charge < -0.3 is 15.0 Å². The van der Waals surface area contributed by atoms with Crippen molar-refractivity contribution in [3.8, 4) is 5.69 Å².